The van der Waals surface area contributed by atoms with Crippen LogP contribution in [0.1, 0.15) is 5.89 Å². The van der Waals surface area contributed by atoms with Crippen LogP contribution in [0.5, 0.6) is 0 Å². The maximum Gasteiger partial charge on any atom is 0.348 e. The molecule has 9 nitrogen and oxygen atoms in total. The van der Waals surface area contributed by atoms with E-state index in [9.17, 15) is 14.9 Å². The van der Waals surface area contributed by atoms with Crippen molar-refractivity contribution in [3.8, 4) is 0 Å². The second-order valence-electron chi connectivity index (χ2n) is 4.31. The first-order valence-electron chi connectivity index (χ1n) is 5.89. The second kappa shape index (κ2) is 4.71. The first kappa shape index (κ1) is 12.8. The molecular formula is C12H9N5O4. The summed E-state index contributed by atoms with van der Waals surface area (Å²) in [5.41, 5.74) is 6.33. The highest BCUT2D eigenvalue weighted by Gasteiger charge is 2.12. The highest BCUT2D eigenvalue weighted by Crippen LogP contribution is 2.18. The molecule has 0 saturated carbocycles. The maximum absolute atomic E-state index is 11.6. The van der Waals surface area contributed by atoms with Gasteiger partial charge in [-0.05, 0) is 12.1 Å². The van der Waals surface area contributed by atoms with E-state index in [0.29, 0.717) is 16.8 Å². The Morgan fingerprint density at radius 1 is 1.43 bits per heavy atom. The number of anilines is 1. The number of nitrogens with two attached hydrogens (primary N) is 1. The van der Waals surface area contributed by atoms with Crippen molar-refractivity contribution in [3.05, 3.63) is 57.1 Å². The molecule has 2 heterocycles. The van der Waals surface area contributed by atoms with Crippen LogP contribution in [0.2, 0.25) is 0 Å². The Hall–Kier alpha value is -3.23. The average Bonchev–Trinajstić information content (AvgIpc) is 2.82. The van der Waals surface area contributed by atoms with Gasteiger partial charge in [-0.25, -0.2) is 9.78 Å². The SMILES string of the molecule is Nc1ccc2nc(Cn3cc([N+](=O)[O-])cnc3=O)oc2c1. The fraction of sp³-hybridized carbons (Fsp3) is 0.0833. The van der Waals surface area contributed by atoms with E-state index >= 15 is 0 Å². The Kier molecular flexibility index (Phi) is 2.87. The number of nitrogens with zero attached hydrogens (tertiary/aromatic N) is 4. The molecule has 2 aromatic heterocycles. The van der Waals surface area contributed by atoms with Gasteiger partial charge in [0.1, 0.15) is 18.3 Å². The molecule has 0 radical (unpaired) electrons. The lowest BCUT2D eigenvalue weighted by Crippen LogP contribution is -2.23. The lowest BCUT2D eigenvalue weighted by molar-refractivity contribution is -0.385. The van der Waals surface area contributed by atoms with Crippen molar-refractivity contribution in [1.29, 1.82) is 0 Å². The lowest BCUT2D eigenvalue weighted by Gasteiger charge is -2.00. The molecule has 0 aliphatic carbocycles. The monoisotopic (exact) mass is 287 g/mol. The minimum atomic E-state index is -0.629. The number of oxazole rings is 1. The van der Waals surface area contributed by atoms with E-state index in [-0.39, 0.29) is 18.1 Å². The molecule has 0 spiro atoms. The molecule has 0 saturated heterocycles. The second-order valence-corrected chi connectivity index (χ2v) is 4.31. The first-order valence-corrected chi connectivity index (χ1v) is 5.89. The predicted molar refractivity (Wildman–Crippen MR) is 72.7 cm³/mol. The van der Waals surface area contributed by atoms with E-state index in [4.69, 9.17) is 10.2 Å². The molecule has 0 bridgehead atoms. The van der Waals surface area contributed by atoms with Gasteiger partial charge in [0.05, 0.1) is 11.1 Å². The van der Waals surface area contributed by atoms with Gasteiger partial charge in [-0.15, -0.1) is 0 Å². The van der Waals surface area contributed by atoms with Crippen molar-refractivity contribution >= 4 is 22.5 Å². The fourth-order valence-electron chi connectivity index (χ4n) is 1.85. The van der Waals surface area contributed by atoms with E-state index in [2.05, 4.69) is 9.97 Å². The molecule has 0 fully saturated rings. The van der Waals surface area contributed by atoms with Crippen molar-refractivity contribution in [3.63, 3.8) is 0 Å². The van der Waals surface area contributed by atoms with Crippen molar-refractivity contribution in [2.75, 3.05) is 5.73 Å². The normalized spacial score (nSPS) is 10.9. The van der Waals surface area contributed by atoms with Crippen LogP contribution < -0.4 is 11.4 Å². The van der Waals surface area contributed by atoms with Crippen LogP contribution in [0.3, 0.4) is 0 Å². The van der Waals surface area contributed by atoms with Crippen LogP contribution in [0.15, 0.2) is 39.8 Å². The molecule has 3 aromatic rings. The molecular weight excluding hydrogens is 278 g/mol. The van der Waals surface area contributed by atoms with Crippen LogP contribution in [-0.2, 0) is 6.54 Å². The molecule has 21 heavy (non-hydrogen) atoms. The summed E-state index contributed by atoms with van der Waals surface area (Å²) >= 11 is 0. The molecule has 0 aliphatic heterocycles. The van der Waals surface area contributed by atoms with Gasteiger partial charge in [0, 0.05) is 11.8 Å². The topological polar surface area (TPSA) is 130 Å². The third-order valence-corrected chi connectivity index (χ3v) is 2.81. The molecule has 2 N–H and O–H groups in total. The van der Waals surface area contributed by atoms with Gasteiger partial charge in [0.15, 0.2) is 5.58 Å². The Balaban J connectivity index is 2.00. The van der Waals surface area contributed by atoms with Crippen LogP contribution in [0.25, 0.3) is 11.1 Å². The van der Waals surface area contributed by atoms with E-state index in [0.717, 1.165) is 17.0 Å². The van der Waals surface area contributed by atoms with E-state index in [1.165, 1.54) is 0 Å². The highest BCUT2D eigenvalue weighted by atomic mass is 16.6. The van der Waals surface area contributed by atoms with Gasteiger partial charge in [-0.1, -0.05) is 0 Å². The third kappa shape index (κ3) is 2.43. The zero-order chi connectivity index (χ0) is 15.0. The molecule has 0 unspecified atom stereocenters. The minimum Gasteiger partial charge on any atom is -0.439 e. The standard InChI is InChI=1S/C12H9N5O4/c13-7-1-2-9-10(3-7)21-11(15-9)6-16-5-8(17(19)20)4-14-12(16)18/h1-5H,6,13H2. The van der Waals surface area contributed by atoms with Crippen molar-refractivity contribution < 1.29 is 9.34 Å². The molecule has 0 amide bonds. The number of fused-ring (bicyclic) bond motifs is 1. The Bertz CT molecular complexity index is 898. The lowest BCUT2D eigenvalue weighted by atomic mass is 10.3. The predicted octanol–water partition coefficient (Wildman–Crippen LogP) is 0.923. The van der Waals surface area contributed by atoms with E-state index in [1.54, 1.807) is 18.2 Å². The fourth-order valence-corrected chi connectivity index (χ4v) is 1.85. The van der Waals surface area contributed by atoms with Crippen molar-refractivity contribution in [2.24, 2.45) is 0 Å². The zero-order valence-electron chi connectivity index (χ0n) is 10.6. The summed E-state index contributed by atoms with van der Waals surface area (Å²) in [6.45, 7) is -0.0535. The van der Waals surface area contributed by atoms with Crippen LogP contribution in [0.4, 0.5) is 11.4 Å². The first-order chi connectivity index (χ1) is 10.0. The van der Waals surface area contributed by atoms with Gasteiger partial charge in [0.25, 0.3) is 0 Å². The van der Waals surface area contributed by atoms with Crippen LogP contribution in [-0.4, -0.2) is 19.5 Å². The van der Waals surface area contributed by atoms with Gasteiger partial charge >= 0.3 is 11.4 Å². The number of rotatable bonds is 3. The molecule has 9 heteroatoms. The Labute approximate surface area is 116 Å². The Morgan fingerprint density at radius 2 is 2.24 bits per heavy atom. The quantitative estimate of drug-likeness (QED) is 0.430. The molecule has 3 rings (SSSR count). The summed E-state index contributed by atoms with van der Waals surface area (Å²) in [6, 6.07) is 4.97. The van der Waals surface area contributed by atoms with E-state index < -0.39 is 10.6 Å². The van der Waals surface area contributed by atoms with Gasteiger partial charge in [0.2, 0.25) is 5.89 Å². The maximum atomic E-state index is 11.6. The Morgan fingerprint density at radius 3 is 3.00 bits per heavy atom. The number of hydrogen-bond acceptors (Lipinski definition) is 7. The number of hydrogen-bond donors (Lipinski definition) is 1. The van der Waals surface area contributed by atoms with Gasteiger partial charge < -0.3 is 10.2 Å². The van der Waals surface area contributed by atoms with Gasteiger partial charge in [-0.2, -0.15) is 4.98 Å². The number of nitro groups is 1. The third-order valence-electron chi connectivity index (χ3n) is 2.81. The van der Waals surface area contributed by atoms with Crippen molar-refractivity contribution in [1.82, 2.24) is 14.5 Å². The zero-order valence-corrected chi connectivity index (χ0v) is 10.6. The molecule has 106 valence electrons. The summed E-state index contributed by atoms with van der Waals surface area (Å²) in [7, 11) is 0. The minimum absolute atomic E-state index is 0.0535. The summed E-state index contributed by atoms with van der Waals surface area (Å²) in [4.78, 5) is 29.3. The highest BCUT2D eigenvalue weighted by molar-refractivity contribution is 5.76. The average molecular weight is 287 g/mol. The number of benzene rings is 1. The van der Waals surface area contributed by atoms with Gasteiger partial charge in [-0.3, -0.25) is 14.7 Å². The van der Waals surface area contributed by atoms with Crippen LogP contribution in [0, 0.1) is 10.1 Å². The number of aromatic nitrogens is 3. The van der Waals surface area contributed by atoms with Crippen LogP contribution >= 0.6 is 0 Å². The smallest absolute Gasteiger partial charge is 0.348 e. The summed E-state index contributed by atoms with van der Waals surface area (Å²) in [5.74, 6) is 0.236. The summed E-state index contributed by atoms with van der Waals surface area (Å²) < 4.78 is 6.52. The van der Waals surface area contributed by atoms with Crippen molar-refractivity contribution in [2.45, 2.75) is 6.54 Å². The summed E-state index contributed by atoms with van der Waals surface area (Å²) in [6.07, 6.45) is 2.00. The summed E-state index contributed by atoms with van der Waals surface area (Å²) in [5, 5.41) is 10.7. The molecule has 0 atom stereocenters. The number of nitrogen functional groups attached to an aromatic ring is 1. The van der Waals surface area contributed by atoms with E-state index in [1.807, 2.05) is 0 Å². The molecule has 0 aliphatic rings. The largest absolute Gasteiger partial charge is 0.439 e. The molecule has 1 aromatic carbocycles.